The fourth-order valence-electron chi connectivity index (χ4n) is 5.32. The molecule has 1 aromatic carbocycles. The molecule has 1 fully saturated rings. The van der Waals surface area contributed by atoms with Gasteiger partial charge in [-0.05, 0) is 50.1 Å². The van der Waals surface area contributed by atoms with Gasteiger partial charge in [0.15, 0.2) is 11.2 Å². The van der Waals surface area contributed by atoms with Crippen LogP contribution >= 0.6 is 0 Å². The first-order valence-corrected chi connectivity index (χ1v) is 11.6. The monoisotopic (exact) mass is 480 g/mol. The number of nitrogens with zero attached hydrogens (tertiary/aromatic N) is 3. The van der Waals surface area contributed by atoms with E-state index in [1.165, 1.54) is 6.07 Å². The molecule has 184 valence electrons. The van der Waals surface area contributed by atoms with E-state index in [4.69, 9.17) is 14.5 Å². The van der Waals surface area contributed by atoms with E-state index in [-0.39, 0.29) is 18.3 Å². The molecule has 0 amide bonds. The Morgan fingerprint density at radius 2 is 2.17 bits per heavy atom. The van der Waals surface area contributed by atoms with Crippen LogP contribution in [0.4, 0.5) is 4.39 Å². The van der Waals surface area contributed by atoms with E-state index >= 15 is 0 Å². The van der Waals surface area contributed by atoms with Gasteiger partial charge < -0.3 is 19.1 Å². The summed E-state index contributed by atoms with van der Waals surface area (Å²) in [6, 6.07) is 7.05. The van der Waals surface area contributed by atoms with E-state index in [0.717, 1.165) is 33.4 Å². The Hall–Kier alpha value is -3.30. The van der Waals surface area contributed by atoms with Crippen LogP contribution < -0.4 is 0 Å². The summed E-state index contributed by atoms with van der Waals surface area (Å²) in [6.45, 7) is 8.18. The molecule has 2 N–H and O–H groups in total. The van der Waals surface area contributed by atoms with Crippen molar-refractivity contribution < 1.29 is 23.8 Å². The molecule has 9 heteroatoms. The molecule has 0 saturated carbocycles. The molecule has 1 saturated heterocycles. The van der Waals surface area contributed by atoms with Gasteiger partial charge >= 0.3 is 5.97 Å². The highest BCUT2D eigenvalue weighted by molar-refractivity contribution is 5.94. The largest absolute Gasteiger partial charge is 0.479 e. The average Bonchev–Trinajstić information content (AvgIpc) is 3.50. The average molecular weight is 481 g/mol. The third-order valence-corrected chi connectivity index (χ3v) is 7.03. The van der Waals surface area contributed by atoms with E-state index < -0.39 is 17.0 Å². The number of aryl methyl sites for hydroxylation is 1. The lowest BCUT2D eigenvalue weighted by atomic mass is 9.81. The van der Waals surface area contributed by atoms with Crippen LogP contribution in [0.5, 0.6) is 0 Å². The zero-order chi connectivity index (χ0) is 25.1. The molecule has 3 aromatic heterocycles. The van der Waals surface area contributed by atoms with Crippen molar-refractivity contribution >= 4 is 28.0 Å². The van der Waals surface area contributed by atoms with Gasteiger partial charge in [-0.1, -0.05) is 13.8 Å². The zero-order valence-corrected chi connectivity index (χ0v) is 20.5. The lowest BCUT2D eigenvalue weighted by molar-refractivity contribution is -0.157. The first-order valence-electron chi connectivity index (χ1n) is 11.6. The third kappa shape index (κ3) is 3.70. The number of carboxylic acid groups (broad SMARTS) is 1. The number of carbonyl (C=O) groups is 1. The molecule has 35 heavy (non-hydrogen) atoms. The lowest BCUT2D eigenvalue weighted by Crippen LogP contribution is -2.34. The summed E-state index contributed by atoms with van der Waals surface area (Å²) in [5, 5.41) is 17.7. The molecular weight excluding hydrogens is 451 g/mol. The topological polar surface area (TPSA) is 102 Å². The molecule has 0 spiro atoms. The second kappa shape index (κ2) is 8.13. The summed E-state index contributed by atoms with van der Waals surface area (Å²) in [7, 11) is 1.66. The summed E-state index contributed by atoms with van der Waals surface area (Å²) in [4.78, 5) is 16.9. The number of H-pyrrole nitrogens is 1. The van der Waals surface area contributed by atoms with Crippen LogP contribution in [0.25, 0.3) is 27.8 Å². The molecule has 5 rings (SSSR count). The van der Waals surface area contributed by atoms with Crippen LogP contribution in [-0.4, -0.2) is 56.7 Å². The predicted octanol–water partition coefficient (Wildman–Crippen LogP) is 4.62. The minimum Gasteiger partial charge on any atom is -0.479 e. The number of hydrogen-bond donors (Lipinski definition) is 2. The Morgan fingerprint density at radius 1 is 1.40 bits per heavy atom. The number of carboxylic acids is 1. The Kier molecular flexibility index (Phi) is 5.45. The minimum absolute atomic E-state index is 0.208. The second-order valence-corrected chi connectivity index (χ2v) is 10.3. The Labute approximate surface area is 202 Å². The zero-order valence-electron chi connectivity index (χ0n) is 20.5. The molecule has 0 radical (unpaired) electrons. The molecule has 8 nitrogen and oxygen atoms in total. The van der Waals surface area contributed by atoms with Crippen molar-refractivity contribution in [3.05, 3.63) is 53.1 Å². The number of methoxy groups -OCH3 is 1. The standard InChI is InChI=1S/C26H29FN4O4/c1-14-8-17(6-7-18(14)27)31-19-9-15-11-28-30-23(15)29-21(19)20(22(31)25(2,3)13-34-5)16-10-26(4,24(32)33)35-12-16/h6-9,11,16H,10,12-13H2,1-5H3,(H,32,33)(H,28,29,30)/t16-,26+/m0/s1. The van der Waals surface area contributed by atoms with Gasteiger partial charge in [0, 0.05) is 40.8 Å². The van der Waals surface area contributed by atoms with Crippen LogP contribution in [0, 0.1) is 12.7 Å². The summed E-state index contributed by atoms with van der Waals surface area (Å²) in [5.74, 6) is -1.47. The number of rotatable bonds is 6. The van der Waals surface area contributed by atoms with E-state index in [2.05, 4.69) is 28.6 Å². The van der Waals surface area contributed by atoms with Crippen molar-refractivity contribution in [2.45, 2.75) is 51.0 Å². The maximum Gasteiger partial charge on any atom is 0.335 e. The van der Waals surface area contributed by atoms with Gasteiger partial charge in [0.2, 0.25) is 0 Å². The molecule has 1 aliphatic heterocycles. The van der Waals surface area contributed by atoms with Crippen molar-refractivity contribution in [2.24, 2.45) is 0 Å². The number of halogens is 1. The summed E-state index contributed by atoms with van der Waals surface area (Å²) < 4.78 is 27.8. The number of nitrogens with one attached hydrogen (secondary N) is 1. The van der Waals surface area contributed by atoms with E-state index in [9.17, 15) is 14.3 Å². The van der Waals surface area contributed by atoms with Crippen LogP contribution in [-0.2, 0) is 19.7 Å². The van der Waals surface area contributed by atoms with Crippen LogP contribution in [0.15, 0.2) is 30.5 Å². The van der Waals surface area contributed by atoms with Crippen LogP contribution in [0.1, 0.15) is 49.9 Å². The molecule has 0 aliphatic carbocycles. The lowest BCUT2D eigenvalue weighted by Gasteiger charge is -2.29. The van der Waals surface area contributed by atoms with Crippen molar-refractivity contribution in [3.63, 3.8) is 0 Å². The van der Waals surface area contributed by atoms with E-state index in [1.807, 2.05) is 12.1 Å². The van der Waals surface area contributed by atoms with Crippen molar-refractivity contribution in [1.82, 2.24) is 19.7 Å². The smallest absolute Gasteiger partial charge is 0.335 e. The SMILES string of the molecule is COCC(C)(C)c1c([C@@H]2CO[C@@](C)(C(=O)O)C2)c2nc3[nH]ncc3cc2n1-c1ccc(F)c(C)c1. The number of aromatic amines is 1. The Morgan fingerprint density at radius 3 is 2.83 bits per heavy atom. The molecular formula is C26H29FN4O4. The molecule has 1 aliphatic rings. The number of aromatic nitrogens is 4. The van der Waals surface area contributed by atoms with Gasteiger partial charge in [-0.15, -0.1) is 0 Å². The van der Waals surface area contributed by atoms with Crippen molar-refractivity contribution in [3.8, 4) is 5.69 Å². The fraction of sp³-hybridized carbons (Fsp3) is 0.423. The number of aliphatic carboxylic acids is 1. The van der Waals surface area contributed by atoms with Crippen LogP contribution in [0.2, 0.25) is 0 Å². The number of benzene rings is 1. The number of hydrogen-bond acceptors (Lipinski definition) is 5. The highest BCUT2D eigenvalue weighted by Crippen LogP contribution is 2.46. The van der Waals surface area contributed by atoms with Gasteiger partial charge in [-0.2, -0.15) is 5.10 Å². The first-order chi connectivity index (χ1) is 16.6. The number of ether oxygens (including phenoxy) is 2. The van der Waals surface area contributed by atoms with Gasteiger partial charge in [0.05, 0.1) is 30.4 Å². The van der Waals surface area contributed by atoms with E-state index in [1.54, 1.807) is 33.2 Å². The summed E-state index contributed by atoms with van der Waals surface area (Å²) >= 11 is 0. The number of fused-ring (bicyclic) bond motifs is 2. The second-order valence-electron chi connectivity index (χ2n) is 10.3. The maximum atomic E-state index is 14.2. The molecule has 4 aromatic rings. The van der Waals surface area contributed by atoms with Crippen molar-refractivity contribution in [1.29, 1.82) is 0 Å². The van der Waals surface area contributed by atoms with Gasteiger partial charge in [0.1, 0.15) is 5.82 Å². The fourth-order valence-corrected chi connectivity index (χ4v) is 5.32. The van der Waals surface area contributed by atoms with Gasteiger partial charge in [-0.3, -0.25) is 5.10 Å². The molecule has 0 unspecified atom stereocenters. The normalized spacial score (nSPS) is 20.8. The quantitative estimate of drug-likeness (QED) is 0.418. The first kappa shape index (κ1) is 23.4. The maximum absolute atomic E-state index is 14.2. The highest BCUT2D eigenvalue weighted by Gasteiger charge is 2.46. The third-order valence-electron chi connectivity index (χ3n) is 7.03. The number of pyridine rings is 1. The molecule has 0 bridgehead atoms. The van der Waals surface area contributed by atoms with Gasteiger partial charge in [0.25, 0.3) is 0 Å². The Bertz CT molecular complexity index is 1460. The van der Waals surface area contributed by atoms with E-state index in [0.29, 0.717) is 24.2 Å². The van der Waals surface area contributed by atoms with Crippen molar-refractivity contribution in [2.75, 3.05) is 20.3 Å². The summed E-state index contributed by atoms with van der Waals surface area (Å²) in [6.07, 6.45) is 2.03. The molecule has 4 heterocycles. The summed E-state index contributed by atoms with van der Waals surface area (Å²) in [5.41, 5.74) is 3.64. The minimum atomic E-state index is -1.29. The molecule has 2 atom stereocenters. The Balaban J connectivity index is 1.88. The predicted molar refractivity (Wildman–Crippen MR) is 130 cm³/mol. The van der Waals surface area contributed by atoms with Gasteiger partial charge in [-0.25, -0.2) is 14.2 Å². The van der Waals surface area contributed by atoms with Crippen LogP contribution in [0.3, 0.4) is 0 Å². The highest BCUT2D eigenvalue weighted by atomic mass is 19.1.